The molecule has 74 valence electrons. The van der Waals surface area contributed by atoms with Gasteiger partial charge in [-0.2, -0.15) is 0 Å². The summed E-state index contributed by atoms with van der Waals surface area (Å²) in [4.78, 5) is 1.33. The summed E-state index contributed by atoms with van der Waals surface area (Å²) < 4.78 is 6.76. The van der Waals surface area contributed by atoms with Gasteiger partial charge in [0.05, 0.1) is 0 Å². The minimum atomic E-state index is 0.556. The van der Waals surface area contributed by atoms with E-state index in [-0.39, 0.29) is 0 Å². The number of nitrogens with two attached hydrogens (primary N) is 1. The third-order valence-corrected chi connectivity index (χ3v) is 3.03. The Kier molecular flexibility index (Phi) is 2.70. The lowest BCUT2D eigenvalue weighted by Gasteiger charge is -2.03. The molecule has 1 heterocycles. The summed E-state index contributed by atoms with van der Waals surface area (Å²) in [5.74, 6) is 0.903. The van der Waals surface area contributed by atoms with Crippen LogP contribution in [0.4, 0.5) is 0 Å². The van der Waals surface area contributed by atoms with Crippen LogP contribution in [-0.4, -0.2) is 13.2 Å². The zero-order valence-electron chi connectivity index (χ0n) is 8.12. The van der Waals surface area contributed by atoms with E-state index in [2.05, 4.69) is 25.1 Å². The first-order valence-electron chi connectivity index (χ1n) is 4.62. The Morgan fingerprint density at radius 2 is 2.21 bits per heavy atom. The molecule has 2 aromatic rings. The van der Waals surface area contributed by atoms with Gasteiger partial charge in [-0.3, -0.25) is 0 Å². The molecule has 0 radical (unpaired) electrons. The number of fused-ring (bicyclic) bond motifs is 1. The molecule has 0 saturated heterocycles. The molecule has 0 bridgehead atoms. The molecule has 0 saturated carbocycles. The highest BCUT2D eigenvalue weighted by Gasteiger charge is 2.00. The van der Waals surface area contributed by atoms with Crippen molar-refractivity contribution in [3.8, 4) is 5.75 Å². The molecule has 1 aromatic carbocycles. The molecule has 0 amide bonds. The van der Waals surface area contributed by atoms with Gasteiger partial charge in [0.2, 0.25) is 0 Å². The Morgan fingerprint density at radius 3 is 3.00 bits per heavy atom. The predicted octanol–water partition coefficient (Wildman–Crippen LogP) is 2.55. The number of hydrogen-bond acceptors (Lipinski definition) is 3. The Hall–Kier alpha value is -1.06. The van der Waals surface area contributed by atoms with Crippen molar-refractivity contribution in [1.29, 1.82) is 0 Å². The second kappa shape index (κ2) is 3.98. The minimum Gasteiger partial charge on any atom is -0.492 e. The second-order valence-corrected chi connectivity index (χ2v) is 4.48. The maximum atomic E-state index is 5.45. The van der Waals surface area contributed by atoms with Crippen LogP contribution in [0, 0.1) is 6.92 Å². The molecule has 0 aliphatic rings. The number of rotatable bonds is 3. The second-order valence-electron chi connectivity index (χ2n) is 3.19. The van der Waals surface area contributed by atoms with Gasteiger partial charge in [-0.15, -0.1) is 11.3 Å². The summed E-state index contributed by atoms with van der Waals surface area (Å²) in [6, 6.07) is 8.33. The predicted molar refractivity (Wildman–Crippen MR) is 61.1 cm³/mol. The van der Waals surface area contributed by atoms with E-state index in [0.717, 1.165) is 5.75 Å². The SMILES string of the molecule is Cc1cc2cc(OCCN)ccc2s1. The number of benzene rings is 1. The van der Waals surface area contributed by atoms with Crippen molar-refractivity contribution in [2.45, 2.75) is 6.92 Å². The molecule has 2 rings (SSSR count). The Labute approximate surface area is 87.3 Å². The summed E-state index contributed by atoms with van der Waals surface area (Å²) in [5.41, 5.74) is 5.37. The van der Waals surface area contributed by atoms with Gasteiger partial charge < -0.3 is 10.5 Å². The van der Waals surface area contributed by atoms with Gasteiger partial charge in [-0.05, 0) is 36.6 Å². The smallest absolute Gasteiger partial charge is 0.120 e. The highest BCUT2D eigenvalue weighted by molar-refractivity contribution is 7.19. The van der Waals surface area contributed by atoms with Crippen LogP contribution >= 0.6 is 11.3 Å². The number of hydrogen-bond donors (Lipinski definition) is 1. The molecule has 0 unspecified atom stereocenters. The van der Waals surface area contributed by atoms with E-state index in [1.807, 2.05) is 6.07 Å². The first-order valence-corrected chi connectivity index (χ1v) is 5.44. The van der Waals surface area contributed by atoms with Crippen molar-refractivity contribution in [3.63, 3.8) is 0 Å². The molecule has 0 atom stereocenters. The van der Waals surface area contributed by atoms with Crippen molar-refractivity contribution < 1.29 is 4.74 Å². The van der Waals surface area contributed by atoms with E-state index in [1.165, 1.54) is 15.0 Å². The molecule has 3 heteroatoms. The van der Waals surface area contributed by atoms with Gasteiger partial charge >= 0.3 is 0 Å². The molecule has 2 N–H and O–H groups in total. The summed E-state index contributed by atoms with van der Waals surface area (Å²) in [7, 11) is 0. The molecular weight excluding hydrogens is 194 g/mol. The van der Waals surface area contributed by atoms with E-state index in [9.17, 15) is 0 Å². The third kappa shape index (κ3) is 1.89. The first-order chi connectivity index (χ1) is 6.79. The zero-order valence-corrected chi connectivity index (χ0v) is 8.93. The molecule has 0 fully saturated rings. The lowest BCUT2D eigenvalue weighted by atomic mass is 10.2. The molecule has 0 spiro atoms. The van der Waals surface area contributed by atoms with Crippen molar-refractivity contribution in [1.82, 2.24) is 0 Å². The molecular formula is C11H13NOS. The van der Waals surface area contributed by atoms with Crippen LogP contribution in [0.2, 0.25) is 0 Å². The number of ether oxygens (including phenoxy) is 1. The summed E-state index contributed by atoms with van der Waals surface area (Å²) in [5, 5.41) is 1.25. The Balaban J connectivity index is 2.31. The van der Waals surface area contributed by atoms with Crippen LogP contribution in [0.3, 0.4) is 0 Å². The standard InChI is InChI=1S/C11H13NOS/c1-8-6-9-7-10(13-5-4-12)2-3-11(9)14-8/h2-3,6-7H,4-5,12H2,1H3. The highest BCUT2D eigenvalue weighted by Crippen LogP contribution is 2.28. The van der Waals surface area contributed by atoms with Crippen LogP contribution in [0.1, 0.15) is 4.88 Å². The van der Waals surface area contributed by atoms with Crippen LogP contribution in [0.5, 0.6) is 5.75 Å². The van der Waals surface area contributed by atoms with Crippen LogP contribution in [0.15, 0.2) is 24.3 Å². The summed E-state index contributed by atoms with van der Waals surface area (Å²) >= 11 is 1.80. The maximum absolute atomic E-state index is 5.45. The van der Waals surface area contributed by atoms with E-state index in [4.69, 9.17) is 10.5 Å². The van der Waals surface area contributed by atoms with E-state index < -0.39 is 0 Å². The van der Waals surface area contributed by atoms with Gasteiger partial charge in [0.1, 0.15) is 12.4 Å². The van der Waals surface area contributed by atoms with E-state index >= 15 is 0 Å². The van der Waals surface area contributed by atoms with Crippen LogP contribution < -0.4 is 10.5 Å². The quantitative estimate of drug-likeness (QED) is 0.839. The number of aryl methyl sites for hydroxylation is 1. The average Bonchev–Trinajstić information content (AvgIpc) is 2.54. The topological polar surface area (TPSA) is 35.2 Å². The average molecular weight is 207 g/mol. The Bertz CT molecular complexity index is 436. The van der Waals surface area contributed by atoms with Crippen molar-refractivity contribution >= 4 is 21.4 Å². The lowest BCUT2D eigenvalue weighted by Crippen LogP contribution is -2.10. The van der Waals surface area contributed by atoms with Gasteiger partial charge in [-0.1, -0.05) is 0 Å². The highest BCUT2D eigenvalue weighted by atomic mass is 32.1. The molecule has 0 aliphatic carbocycles. The van der Waals surface area contributed by atoms with E-state index in [0.29, 0.717) is 13.2 Å². The van der Waals surface area contributed by atoms with Gasteiger partial charge in [0.15, 0.2) is 0 Å². The fourth-order valence-corrected chi connectivity index (χ4v) is 2.33. The molecule has 1 aromatic heterocycles. The summed E-state index contributed by atoms with van der Waals surface area (Å²) in [6.07, 6.45) is 0. The zero-order chi connectivity index (χ0) is 9.97. The maximum Gasteiger partial charge on any atom is 0.120 e. The molecule has 0 aliphatic heterocycles. The fraction of sp³-hybridized carbons (Fsp3) is 0.273. The number of thiophene rings is 1. The minimum absolute atomic E-state index is 0.556. The summed E-state index contributed by atoms with van der Waals surface area (Å²) in [6.45, 7) is 3.25. The van der Waals surface area contributed by atoms with Gasteiger partial charge in [0.25, 0.3) is 0 Å². The third-order valence-electron chi connectivity index (χ3n) is 2.00. The monoisotopic (exact) mass is 207 g/mol. The first kappa shape index (κ1) is 9.49. The van der Waals surface area contributed by atoms with Crippen molar-refractivity contribution in [2.24, 2.45) is 5.73 Å². The normalized spacial score (nSPS) is 10.7. The largest absolute Gasteiger partial charge is 0.492 e. The van der Waals surface area contributed by atoms with Crippen LogP contribution in [0.25, 0.3) is 10.1 Å². The van der Waals surface area contributed by atoms with Crippen molar-refractivity contribution in [3.05, 3.63) is 29.1 Å². The molecule has 2 nitrogen and oxygen atoms in total. The van der Waals surface area contributed by atoms with E-state index in [1.54, 1.807) is 11.3 Å². The fourth-order valence-electron chi connectivity index (χ4n) is 1.42. The molecule has 14 heavy (non-hydrogen) atoms. The van der Waals surface area contributed by atoms with Crippen LogP contribution in [-0.2, 0) is 0 Å². The lowest BCUT2D eigenvalue weighted by molar-refractivity contribution is 0.329. The van der Waals surface area contributed by atoms with Gasteiger partial charge in [0, 0.05) is 16.1 Å². The Morgan fingerprint density at radius 1 is 1.36 bits per heavy atom. The van der Waals surface area contributed by atoms with Gasteiger partial charge in [-0.25, -0.2) is 0 Å². The van der Waals surface area contributed by atoms with Crippen molar-refractivity contribution in [2.75, 3.05) is 13.2 Å².